The Morgan fingerprint density at radius 1 is 1.27 bits per heavy atom. The van der Waals surface area contributed by atoms with Crippen molar-refractivity contribution in [2.75, 3.05) is 5.32 Å². The van der Waals surface area contributed by atoms with Crippen molar-refractivity contribution in [3.8, 4) is 0 Å². The van der Waals surface area contributed by atoms with Gasteiger partial charge in [-0.1, -0.05) is 42.4 Å². The van der Waals surface area contributed by atoms with Gasteiger partial charge in [0, 0.05) is 12.0 Å². The maximum Gasteiger partial charge on any atom is 0.257 e. The third-order valence-electron chi connectivity index (χ3n) is 3.78. The van der Waals surface area contributed by atoms with Crippen LogP contribution in [-0.2, 0) is 0 Å². The van der Waals surface area contributed by atoms with Crippen molar-refractivity contribution in [2.45, 2.75) is 32.6 Å². The Morgan fingerprint density at radius 2 is 2.00 bits per heavy atom. The van der Waals surface area contributed by atoms with Gasteiger partial charge in [0.05, 0.1) is 10.6 Å². The molecule has 1 saturated carbocycles. The van der Waals surface area contributed by atoms with Crippen molar-refractivity contribution in [1.82, 2.24) is 4.98 Å². The van der Waals surface area contributed by atoms with E-state index in [1.807, 2.05) is 25.1 Å². The molecule has 5 heteroatoms. The molecule has 22 heavy (non-hydrogen) atoms. The number of Topliss-reactive ketones (excluding diaryl/α,β-unsaturated/α-hetero) is 1. The molecule has 0 saturated heterocycles. The van der Waals surface area contributed by atoms with Crippen LogP contribution in [0.25, 0.3) is 0 Å². The minimum absolute atomic E-state index is 0.141. The lowest BCUT2D eigenvalue weighted by Gasteiger charge is -2.00. The van der Waals surface area contributed by atoms with Crippen LogP contribution in [-0.4, -0.2) is 16.7 Å². The molecule has 4 nitrogen and oxygen atoms in total. The number of ketones is 1. The Labute approximate surface area is 133 Å². The molecule has 2 aromatic rings. The Bertz CT molecular complexity index is 690. The third kappa shape index (κ3) is 3.60. The molecule has 1 amide bonds. The Balaban J connectivity index is 1.66. The highest BCUT2D eigenvalue weighted by atomic mass is 32.1. The van der Waals surface area contributed by atoms with E-state index in [-0.39, 0.29) is 11.7 Å². The van der Waals surface area contributed by atoms with Crippen LogP contribution in [0.15, 0.2) is 30.3 Å². The van der Waals surface area contributed by atoms with Crippen LogP contribution in [0.3, 0.4) is 0 Å². The van der Waals surface area contributed by atoms with Crippen LogP contribution >= 0.6 is 11.3 Å². The van der Waals surface area contributed by atoms with E-state index in [4.69, 9.17) is 0 Å². The fourth-order valence-corrected chi connectivity index (χ4v) is 3.25. The lowest BCUT2D eigenvalue weighted by molar-refractivity contribution is 0.0979. The van der Waals surface area contributed by atoms with E-state index in [2.05, 4.69) is 10.3 Å². The number of carbonyl (C=O) groups is 2. The Hall–Kier alpha value is -2.01. The molecule has 114 valence electrons. The predicted molar refractivity (Wildman–Crippen MR) is 87.5 cm³/mol. The van der Waals surface area contributed by atoms with E-state index in [0.29, 0.717) is 27.7 Å². The second-order valence-corrected chi connectivity index (χ2v) is 6.66. The van der Waals surface area contributed by atoms with E-state index >= 15 is 0 Å². The monoisotopic (exact) mass is 314 g/mol. The highest BCUT2D eigenvalue weighted by Gasteiger charge is 2.24. The van der Waals surface area contributed by atoms with Gasteiger partial charge in [-0.15, -0.1) is 0 Å². The summed E-state index contributed by atoms with van der Waals surface area (Å²) < 4.78 is 0. The zero-order valence-electron chi connectivity index (χ0n) is 12.5. The number of nitrogens with one attached hydrogen (secondary N) is 1. The fraction of sp³-hybridized carbons (Fsp3) is 0.353. The number of carbonyl (C=O) groups excluding carboxylic acids is 2. The van der Waals surface area contributed by atoms with Crippen LogP contribution in [0, 0.1) is 12.8 Å². The van der Waals surface area contributed by atoms with Gasteiger partial charge in [0.2, 0.25) is 0 Å². The molecule has 1 aromatic heterocycles. The number of aryl methyl sites for hydroxylation is 1. The molecule has 0 bridgehead atoms. The first-order valence-electron chi connectivity index (χ1n) is 7.50. The minimum Gasteiger partial charge on any atom is -0.298 e. The van der Waals surface area contributed by atoms with Crippen molar-refractivity contribution in [2.24, 2.45) is 5.92 Å². The van der Waals surface area contributed by atoms with Gasteiger partial charge < -0.3 is 0 Å². The van der Waals surface area contributed by atoms with Gasteiger partial charge in [0.25, 0.3) is 5.91 Å². The molecule has 0 radical (unpaired) electrons. The van der Waals surface area contributed by atoms with Crippen LogP contribution in [0.4, 0.5) is 5.13 Å². The van der Waals surface area contributed by atoms with Crippen LogP contribution in [0.2, 0.25) is 0 Å². The van der Waals surface area contributed by atoms with Gasteiger partial charge in [-0.05, 0) is 31.4 Å². The fourth-order valence-electron chi connectivity index (χ4n) is 2.32. The van der Waals surface area contributed by atoms with Gasteiger partial charge in [-0.3, -0.25) is 14.9 Å². The van der Waals surface area contributed by atoms with Crippen LogP contribution < -0.4 is 5.32 Å². The molecule has 0 unspecified atom stereocenters. The molecule has 0 aliphatic heterocycles. The summed E-state index contributed by atoms with van der Waals surface area (Å²) in [7, 11) is 0. The topological polar surface area (TPSA) is 59.1 Å². The highest BCUT2D eigenvalue weighted by molar-refractivity contribution is 7.17. The molecular weight excluding hydrogens is 296 g/mol. The molecule has 3 rings (SSSR count). The lowest BCUT2D eigenvalue weighted by Crippen LogP contribution is -2.11. The second kappa shape index (κ2) is 6.40. The molecule has 0 spiro atoms. The maximum atomic E-state index is 12.2. The van der Waals surface area contributed by atoms with Crippen molar-refractivity contribution in [3.63, 3.8) is 0 Å². The summed E-state index contributed by atoms with van der Waals surface area (Å²) in [4.78, 5) is 29.3. The lowest BCUT2D eigenvalue weighted by atomic mass is 10.1. The number of thiazole rings is 1. The Kier molecular flexibility index (Phi) is 4.34. The highest BCUT2D eigenvalue weighted by Crippen LogP contribution is 2.34. The normalized spacial score (nSPS) is 13.9. The summed E-state index contributed by atoms with van der Waals surface area (Å²) in [6, 6.07) is 8.99. The third-order valence-corrected chi connectivity index (χ3v) is 4.90. The zero-order chi connectivity index (χ0) is 15.5. The van der Waals surface area contributed by atoms with Crippen molar-refractivity contribution in [1.29, 1.82) is 0 Å². The molecular formula is C17H18N2O2S. The molecule has 1 aliphatic rings. The average molecular weight is 314 g/mol. The number of benzene rings is 1. The first kappa shape index (κ1) is 14.9. The number of rotatable bonds is 6. The first-order chi connectivity index (χ1) is 10.6. The number of hydrogen-bond donors (Lipinski definition) is 1. The standard InChI is InChI=1S/C17H18N2O2S/c1-11-15(14(20)10-9-12-7-8-12)22-17(18-11)19-16(21)13-5-3-2-4-6-13/h2-6,12H,7-10H2,1H3,(H,18,19,21). The molecule has 1 N–H and O–H groups in total. The zero-order valence-corrected chi connectivity index (χ0v) is 13.3. The smallest absolute Gasteiger partial charge is 0.257 e. The summed E-state index contributed by atoms with van der Waals surface area (Å²) in [6.45, 7) is 1.82. The van der Waals surface area contributed by atoms with E-state index in [0.717, 1.165) is 12.3 Å². The number of aromatic nitrogens is 1. The summed E-state index contributed by atoms with van der Waals surface area (Å²) in [5.41, 5.74) is 1.28. The Morgan fingerprint density at radius 3 is 2.68 bits per heavy atom. The minimum atomic E-state index is -0.202. The number of amides is 1. The molecule has 1 fully saturated rings. The summed E-state index contributed by atoms with van der Waals surface area (Å²) >= 11 is 1.27. The maximum absolute atomic E-state index is 12.2. The van der Waals surface area contributed by atoms with E-state index in [1.165, 1.54) is 24.2 Å². The van der Waals surface area contributed by atoms with E-state index in [1.54, 1.807) is 12.1 Å². The molecule has 1 aromatic carbocycles. The number of nitrogens with zero attached hydrogens (tertiary/aromatic N) is 1. The SMILES string of the molecule is Cc1nc(NC(=O)c2ccccc2)sc1C(=O)CCC1CC1. The van der Waals surface area contributed by atoms with Gasteiger partial charge in [0.15, 0.2) is 10.9 Å². The summed E-state index contributed by atoms with van der Waals surface area (Å²) in [5, 5.41) is 3.25. The molecule has 1 heterocycles. The van der Waals surface area contributed by atoms with Crippen LogP contribution in [0.1, 0.15) is 51.4 Å². The van der Waals surface area contributed by atoms with Gasteiger partial charge in [0.1, 0.15) is 0 Å². The number of anilines is 1. The molecule has 0 atom stereocenters. The van der Waals surface area contributed by atoms with Gasteiger partial charge in [-0.2, -0.15) is 0 Å². The van der Waals surface area contributed by atoms with Gasteiger partial charge >= 0.3 is 0 Å². The van der Waals surface area contributed by atoms with Gasteiger partial charge in [-0.25, -0.2) is 4.98 Å². The second-order valence-electron chi connectivity index (χ2n) is 5.66. The average Bonchev–Trinajstić information content (AvgIpc) is 3.28. The summed E-state index contributed by atoms with van der Waals surface area (Å²) in [5.74, 6) is 0.683. The van der Waals surface area contributed by atoms with Crippen molar-refractivity contribution in [3.05, 3.63) is 46.5 Å². The largest absolute Gasteiger partial charge is 0.298 e. The number of hydrogen-bond acceptors (Lipinski definition) is 4. The van der Waals surface area contributed by atoms with E-state index < -0.39 is 0 Å². The predicted octanol–water partition coefficient (Wildman–Crippen LogP) is 4.08. The van der Waals surface area contributed by atoms with E-state index in [9.17, 15) is 9.59 Å². The summed E-state index contributed by atoms with van der Waals surface area (Å²) in [6.07, 6.45) is 4.07. The van der Waals surface area contributed by atoms with Crippen molar-refractivity contribution < 1.29 is 9.59 Å². The quantitative estimate of drug-likeness (QED) is 0.817. The first-order valence-corrected chi connectivity index (χ1v) is 8.32. The molecule has 1 aliphatic carbocycles. The van der Waals surface area contributed by atoms with Crippen LogP contribution in [0.5, 0.6) is 0 Å². The van der Waals surface area contributed by atoms with Crippen molar-refractivity contribution >= 4 is 28.2 Å².